The van der Waals surface area contributed by atoms with E-state index in [0.717, 1.165) is 13.2 Å². The number of aliphatic carboxylic acids is 1. The molecule has 0 rings (SSSR count). The van der Waals surface area contributed by atoms with Crippen molar-refractivity contribution >= 4 is 15.8 Å². The minimum absolute atomic E-state index is 0.895. The second-order valence-electron chi connectivity index (χ2n) is 1.81. The number of sulfone groups is 1. The van der Waals surface area contributed by atoms with E-state index >= 15 is 0 Å². The average molecular weight is 152 g/mol. The van der Waals surface area contributed by atoms with Crippen LogP contribution in [0.15, 0.2) is 0 Å². The van der Waals surface area contributed by atoms with E-state index in [1.807, 2.05) is 0 Å². The standard InChI is InChI=1S/C4H8O4S/c1-3(4(5)6)9(2,7)8/h3H,1-2H3,(H,5,6). The van der Waals surface area contributed by atoms with Gasteiger partial charge in [-0.3, -0.25) is 4.79 Å². The molecule has 0 heterocycles. The van der Waals surface area contributed by atoms with Crippen LogP contribution in [-0.2, 0) is 14.6 Å². The van der Waals surface area contributed by atoms with Gasteiger partial charge in [-0.2, -0.15) is 0 Å². The van der Waals surface area contributed by atoms with Crippen LogP contribution in [0.25, 0.3) is 0 Å². The summed E-state index contributed by atoms with van der Waals surface area (Å²) in [5.41, 5.74) is 0. The van der Waals surface area contributed by atoms with E-state index in [1.54, 1.807) is 0 Å². The molecule has 0 fully saturated rings. The van der Waals surface area contributed by atoms with E-state index in [9.17, 15) is 13.2 Å². The highest BCUT2D eigenvalue weighted by molar-refractivity contribution is 7.92. The molecule has 0 bridgehead atoms. The Balaban J connectivity index is 4.43. The molecule has 5 heteroatoms. The minimum atomic E-state index is -3.40. The molecule has 0 radical (unpaired) electrons. The number of hydrogen-bond donors (Lipinski definition) is 1. The minimum Gasteiger partial charge on any atom is -0.480 e. The van der Waals surface area contributed by atoms with Crippen molar-refractivity contribution in [1.82, 2.24) is 0 Å². The topological polar surface area (TPSA) is 71.4 Å². The fraction of sp³-hybridized carbons (Fsp3) is 0.750. The van der Waals surface area contributed by atoms with Gasteiger partial charge in [0, 0.05) is 6.26 Å². The predicted molar refractivity (Wildman–Crippen MR) is 31.9 cm³/mol. The Hall–Kier alpha value is -0.580. The lowest BCUT2D eigenvalue weighted by molar-refractivity contribution is -0.136. The maximum Gasteiger partial charge on any atom is 0.321 e. The molecule has 1 atom stereocenters. The molecule has 1 unspecified atom stereocenters. The van der Waals surface area contributed by atoms with Gasteiger partial charge in [-0.1, -0.05) is 0 Å². The molecule has 54 valence electrons. The number of rotatable bonds is 2. The van der Waals surface area contributed by atoms with Crippen molar-refractivity contribution in [2.45, 2.75) is 12.2 Å². The van der Waals surface area contributed by atoms with Crippen LogP contribution in [0, 0.1) is 0 Å². The van der Waals surface area contributed by atoms with E-state index in [1.165, 1.54) is 0 Å². The highest BCUT2D eigenvalue weighted by Gasteiger charge is 2.21. The van der Waals surface area contributed by atoms with Crippen LogP contribution in [0.1, 0.15) is 6.92 Å². The number of hydrogen-bond acceptors (Lipinski definition) is 3. The largest absolute Gasteiger partial charge is 0.480 e. The summed E-state index contributed by atoms with van der Waals surface area (Å²) in [6.07, 6.45) is 0.895. The van der Waals surface area contributed by atoms with Gasteiger partial charge in [0.25, 0.3) is 0 Å². The van der Waals surface area contributed by atoms with Crippen LogP contribution in [0.5, 0.6) is 0 Å². The zero-order valence-corrected chi connectivity index (χ0v) is 5.97. The second kappa shape index (κ2) is 2.34. The van der Waals surface area contributed by atoms with Crippen molar-refractivity contribution in [2.75, 3.05) is 6.26 Å². The fourth-order valence-corrected chi connectivity index (χ4v) is 0.549. The van der Waals surface area contributed by atoms with Crippen LogP contribution in [0.2, 0.25) is 0 Å². The van der Waals surface area contributed by atoms with E-state index in [4.69, 9.17) is 5.11 Å². The van der Waals surface area contributed by atoms with Crippen molar-refractivity contribution in [3.05, 3.63) is 0 Å². The third kappa shape index (κ3) is 2.46. The van der Waals surface area contributed by atoms with Gasteiger partial charge in [0.1, 0.15) is 0 Å². The van der Waals surface area contributed by atoms with Gasteiger partial charge in [0.2, 0.25) is 0 Å². The lowest BCUT2D eigenvalue weighted by atomic mass is 10.5. The lowest BCUT2D eigenvalue weighted by Crippen LogP contribution is -2.25. The summed E-state index contributed by atoms with van der Waals surface area (Å²) in [6, 6.07) is 0. The van der Waals surface area contributed by atoms with Crippen molar-refractivity contribution in [3.8, 4) is 0 Å². The predicted octanol–water partition coefficient (Wildman–Crippen LogP) is -0.496. The zero-order chi connectivity index (χ0) is 7.65. The summed E-state index contributed by atoms with van der Waals surface area (Å²) in [5.74, 6) is -1.31. The first-order valence-corrected chi connectivity index (χ1v) is 4.23. The molecule has 0 aromatic heterocycles. The van der Waals surface area contributed by atoms with Crippen LogP contribution in [0.3, 0.4) is 0 Å². The summed E-state index contributed by atoms with van der Waals surface area (Å²) in [4.78, 5) is 9.97. The summed E-state index contributed by atoms with van der Waals surface area (Å²) in [5, 5.41) is 6.84. The number of carbonyl (C=O) groups is 1. The molecular weight excluding hydrogens is 144 g/mol. The molecule has 9 heavy (non-hydrogen) atoms. The van der Waals surface area contributed by atoms with Gasteiger partial charge < -0.3 is 5.11 Å². The van der Waals surface area contributed by atoms with Crippen LogP contribution < -0.4 is 0 Å². The molecular formula is C4H8O4S. The van der Waals surface area contributed by atoms with Gasteiger partial charge in [-0.25, -0.2) is 8.42 Å². The van der Waals surface area contributed by atoms with Gasteiger partial charge in [-0.05, 0) is 6.92 Å². The normalized spacial score (nSPS) is 14.9. The second-order valence-corrected chi connectivity index (χ2v) is 4.18. The Morgan fingerprint density at radius 2 is 1.89 bits per heavy atom. The fourth-order valence-electron chi connectivity index (χ4n) is 0.183. The van der Waals surface area contributed by atoms with Gasteiger partial charge in [0.05, 0.1) is 0 Å². The number of carboxylic acid groups (broad SMARTS) is 1. The molecule has 4 nitrogen and oxygen atoms in total. The van der Waals surface area contributed by atoms with Gasteiger partial charge in [-0.15, -0.1) is 0 Å². The van der Waals surface area contributed by atoms with Crippen molar-refractivity contribution in [3.63, 3.8) is 0 Å². The Kier molecular flexibility index (Phi) is 2.19. The Morgan fingerprint density at radius 3 is 1.89 bits per heavy atom. The third-order valence-electron chi connectivity index (χ3n) is 0.990. The Morgan fingerprint density at radius 1 is 1.56 bits per heavy atom. The molecule has 0 spiro atoms. The molecule has 0 aliphatic rings. The van der Waals surface area contributed by atoms with Crippen LogP contribution >= 0.6 is 0 Å². The van der Waals surface area contributed by atoms with E-state index in [-0.39, 0.29) is 0 Å². The molecule has 0 aromatic rings. The molecule has 0 aliphatic heterocycles. The quantitative estimate of drug-likeness (QED) is 0.579. The Labute approximate surface area is 53.4 Å². The van der Waals surface area contributed by atoms with E-state index in [0.29, 0.717) is 0 Å². The third-order valence-corrected chi connectivity index (χ3v) is 2.48. The lowest BCUT2D eigenvalue weighted by Gasteiger charge is -1.99. The maximum atomic E-state index is 10.4. The molecule has 0 saturated heterocycles. The molecule has 0 aromatic carbocycles. The van der Waals surface area contributed by atoms with E-state index in [2.05, 4.69) is 0 Å². The zero-order valence-electron chi connectivity index (χ0n) is 5.16. The molecule has 0 saturated carbocycles. The maximum absolute atomic E-state index is 10.4. The first-order valence-electron chi connectivity index (χ1n) is 2.27. The van der Waals surface area contributed by atoms with Gasteiger partial charge in [0.15, 0.2) is 15.1 Å². The van der Waals surface area contributed by atoms with Crippen LogP contribution in [0.4, 0.5) is 0 Å². The van der Waals surface area contributed by atoms with Crippen molar-refractivity contribution in [2.24, 2.45) is 0 Å². The van der Waals surface area contributed by atoms with E-state index < -0.39 is 21.1 Å². The Bertz CT molecular complexity index is 203. The smallest absolute Gasteiger partial charge is 0.321 e. The summed E-state index contributed by atoms with van der Waals surface area (Å²) < 4.78 is 20.8. The highest BCUT2D eigenvalue weighted by atomic mass is 32.2. The monoisotopic (exact) mass is 152 g/mol. The summed E-state index contributed by atoms with van der Waals surface area (Å²) >= 11 is 0. The van der Waals surface area contributed by atoms with Gasteiger partial charge >= 0.3 is 5.97 Å². The first-order chi connectivity index (χ1) is 3.85. The summed E-state index contributed by atoms with van der Waals surface area (Å²) in [6.45, 7) is 1.14. The summed E-state index contributed by atoms with van der Waals surface area (Å²) in [7, 11) is -3.40. The SMILES string of the molecule is CC(C(=O)O)S(C)(=O)=O. The number of carboxylic acids is 1. The van der Waals surface area contributed by atoms with Crippen molar-refractivity contribution in [1.29, 1.82) is 0 Å². The molecule has 0 amide bonds. The average Bonchev–Trinajstić information content (AvgIpc) is 1.62. The van der Waals surface area contributed by atoms with Crippen molar-refractivity contribution < 1.29 is 18.3 Å². The highest BCUT2D eigenvalue weighted by Crippen LogP contribution is 1.95. The first kappa shape index (κ1) is 8.42. The molecule has 0 aliphatic carbocycles. The van der Waals surface area contributed by atoms with Crippen LogP contribution in [-0.4, -0.2) is 31.0 Å². The molecule has 1 N–H and O–H groups in total.